The Kier molecular flexibility index (Phi) is 3.57. The van der Waals surface area contributed by atoms with Crippen molar-refractivity contribution >= 4 is 28.5 Å². The molecule has 1 aromatic heterocycles. The molecule has 0 aliphatic heterocycles. The number of thioether (sulfide) groups is 1. The van der Waals surface area contributed by atoms with Crippen molar-refractivity contribution in [1.82, 2.24) is 14.8 Å². The van der Waals surface area contributed by atoms with E-state index in [2.05, 4.69) is 40.5 Å². The minimum absolute atomic E-state index is 0.649. The van der Waals surface area contributed by atoms with Crippen LogP contribution in [0.5, 0.6) is 0 Å². The van der Waals surface area contributed by atoms with Crippen molar-refractivity contribution in [2.75, 3.05) is 0 Å². The molecule has 0 atom stereocenters. The second-order valence-electron chi connectivity index (χ2n) is 7.23. The molecule has 0 bridgehead atoms. The third-order valence-corrected chi connectivity index (χ3v) is 7.00. The van der Waals surface area contributed by atoms with E-state index in [1.807, 2.05) is 10.6 Å². The van der Waals surface area contributed by atoms with Gasteiger partial charge in [-0.3, -0.25) is 9.36 Å². The van der Waals surface area contributed by atoms with Gasteiger partial charge in [-0.1, -0.05) is 42.1 Å². The van der Waals surface area contributed by atoms with Crippen LogP contribution in [0.1, 0.15) is 43.6 Å². The molecule has 132 valence electrons. The van der Waals surface area contributed by atoms with Crippen LogP contribution in [-0.4, -0.2) is 30.6 Å². The van der Waals surface area contributed by atoms with E-state index in [0.717, 1.165) is 17.5 Å². The minimum Gasteiger partial charge on any atom is -0.480 e. The summed E-state index contributed by atoms with van der Waals surface area (Å²) in [4.78, 5) is 11.7. The highest BCUT2D eigenvalue weighted by molar-refractivity contribution is 8.01. The zero-order chi connectivity index (χ0) is 17.7. The number of hydrogen-bond donors (Lipinski definition) is 1. The number of carboxylic acids is 1. The molecule has 2 saturated carbocycles. The predicted octanol–water partition coefficient (Wildman–Crippen LogP) is 4.40. The van der Waals surface area contributed by atoms with Gasteiger partial charge in [-0.25, -0.2) is 0 Å². The maximum absolute atomic E-state index is 11.7. The van der Waals surface area contributed by atoms with Crippen molar-refractivity contribution in [3.63, 3.8) is 0 Å². The summed E-state index contributed by atoms with van der Waals surface area (Å²) in [5.74, 6) is -0.0776. The molecule has 3 aromatic rings. The highest BCUT2D eigenvalue weighted by atomic mass is 32.2. The van der Waals surface area contributed by atoms with Gasteiger partial charge in [-0.2, -0.15) is 0 Å². The first-order valence-electron chi connectivity index (χ1n) is 9.02. The zero-order valence-corrected chi connectivity index (χ0v) is 15.1. The van der Waals surface area contributed by atoms with Crippen molar-refractivity contribution in [3.05, 3.63) is 48.3 Å². The predicted molar refractivity (Wildman–Crippen MR) is 101 cm³/mol. The number of carboxylic acid groups (broad SMARTS) is 1. The first kappa shape index (κ1) is 15.9. The fourth-order valence-electron chi connectivity index (χ4n) is 3.76. The van der Waals surface area contributed by atoms with Crippen molar-refractivity contribution in [3.8, 4) is 5.69 Å². The summed E-state index contributed by atoms with van der Waals surface area (Å²) in [6, 6.07) is 12.8. The minimum atomic E-state index is -0.755. The van der Waals surface area contributed by atoms with E-state index in [4.69, 9.17) is 0 Å². The van der Waals surface area contributed by atoms with E-state index in [1.54, 1.807) is 6.33 Å². The number of hydrogen-bond acceptors (Lipinski definition) is 4. The Morgan fingerprint density at radius 1 is 1.15 bits per heavy atom. The van der Waals surface area contributed by atoms with Gasteiger partial charge in [-0.15, -0.1) is 10.2 Å². The second-order valence-corrected chi connectivity index (χ2v) is 8.58. The standard InChI is InChI=1S/C20H19N3O2S/c24-18(25)20(10-3-11-20)26-19-22-21-12-23(19)17-9-8-14(13-6-7-13)15-4-1-2-5-16(15)17/h1-2,4-5,8-9,12-13H,3,6-7,10-11H2,(H,24,25). The third-order valence-electron chi connectivity index (χ3n) is 5.57. The lowest BCUT2D eigenvalue weighted by Gasteiger charge is -2.36. The quantitative estimate of drug-likeness (QED) is 0.726. The Morgan fingerprint density at radius 2 is 1.92 bits per heavy atom. The van der Waals surface area contributed by atoms with E-state index in [0.29, 0.717) is 23.9 Å². The molecule has 5 nitrogen and oxygen atoms in total. The molecule has 1 N–H and O–H groups in total. The van der Waals surface area contributed by atoms with Gasteiger partial charge < -0.3 is 5.11 Å². The van der Waals surface area contributed by atoms with Crippen LogP contribution in [0, 0.1) is 0 Å². The molecule has 5 rings (SSSR count). The fraction of sp³-hybridized carbons (Fsp3) is 0.350. The van der Waals surface area contributed by atoms with Crippen LogP contribution in [-0.2, 0) is 4.79 Å². The van der Waals surface area contributed by atoms with Crippen molar-refractivity contribution in [1.29, 1.82) is 0 Å². The van der Waals surface area contributed by atoms with Gasteiger partial charge in [0.1, 0.15) is 11.1 Å². The van der Waals surface area contributed by atoms with E-state index in [-0.39, 0.29) is 0 Å². The lowest BCUT2D eigenvalue weighted by Crippen LogP contribution is -2.42. The first-order chi connectivity index (χ1) is 12.7. The molecule has 2 fully saturated rings. The van der Waals surface area contributed by atoms with Crippen LogP contribution >= 0.6 is 11.8 Å². The molecule has 1 heterocycles. The average molecular weight is 365 g/mol. The molecular formula is C20H19N3O2S. The average Bonchev–Trinajstić information content (AvgIpc) is 3.35. The Labute approximate surface area is 155 Å². The van der Waals surface area contributed by atoms with Crippen molar-refractivity contribution in [2.24, 2.45) is 0 Å². The summed E-state index contributed by atoms with van der Waals surface area (Å²) in [6.07, 6.45) is 6.53. The topological polar surface area (TPSA) is 68.0 Å². The Morgan fingerprint density at radius 3 is 2.58 bits per heavy atom. The molecule has 2 aliphatic carbocycles. The molecule has 0 unspecified atom stereocenters. The van der Waals surface area contributed by atoms with Gasteiger partial charge in [-0.05, 0) is 55.0 Å². The SMILES string of the molecule is O=C(O)C1(Sc2nncn2-c2ccc(C3CC3)c3ccccc23)CCC1. The number of benzene rings is 2. The maximum Gasteiger partial charge on any atom is 0.320 e. The molecule has 0 saturated heterocycles. The fourth-order valence-corrected chi connectivity index (χ4v) is 5.02. The Balaban J connectivity index is 1.61. The summed E-state index contributed by atoms with van der Waals surface area (Å²) in [5.41, 5.74) is 2.42. The lowest BCUT2D eigenvalue weighted by atomic mass is 9.84. The van der Waals surface area contributed by atoms with Crippen LogP contribution in [0.2, 0.25) is 0 Å². The Bertz CT molecular complexity index is 1010. The number of rotatable bonds is 5. The number of carbonyl (C=O) groups is 1. The monoisotopic (exact) mass is 365 g/mol. The largest absolute Gasteiger partial charge is 0.480 e. The lowest BCUT2D eigenvalue weighted by molar-refractivity contribution is -0.142. The molecule has 6 heteroatoms. The van der Waals surface area contributed by atoms with Gasteiger partial charge in [0.05, 0.1) is 5.69 Å². The number of fused-ring (bicyclic) bond motifs is 1. The van der Waals surface area contributed by atoms with Crippen LogP contribution in [0.3, 0.4) is 0 Å². The molecular weight excluding hydrogens is 346 g/mol. The van der Waals surface area contributed by atoms with E-state index in [1.165, 1.54) is 35.6 Å². The smallest absolute Gasteiger partial charge is 0.320 e. The summed E-state index contributed by atoms with van der Waals surface area (Å²) >= 11 is 1.34. The first-order valence-corrected chi connectivity index (χ1v) is 9.84. The van der Waals surface area contributed by atoms with Crippen molar-refractivity contribution < 1.29 is 9.90 Å². The zero-order valence-electron chi connectivity index (χ0n) is 14.3. The number of aromatic nitrogens is 3. The van der Waals surface area contributed by atoms with Crippen LogP contribution in [0.25, 0.3) is 16.5 Å². The van der Waals surface area contributed by atoms with Gasteiger partial charge in [0.2, 0.25) is 0 Å². The summed E-state index contributed by atoms with van der Waals surface area (Å²) < 4.78 is 1.18. The van der Waals surface area contributed by atoms with Crippen LogP contribution in [0.15, 0.2) is 47.9 Å². The third kappa shape index (κ3) is 2.43. The van der Waals surface area contributed by atoms with Gasteiger partial charge in [0, 0.05) is 5.39 Å². The van der Waals surface area contributed by atoms with E-state index >= 15 is 0 Å². The summed E-state index contributed by atoms with van der Waals surface area (Å²) in [6.45, 7) is 0. The molecule has 2 aromatic carbocycles. The van der Waals surface area contributed by atoms with Crippen LogP contribution < -0.4 is 0 Å². The molecule has 26 heavy (non-hydrogen) atoms. The molecule has 2 aliphatic rings. The highest BCUT2D eigenvalue weighted by Gasteiger charge is 2.46. The van der Waals surface area contributed by atoms with E-state index in [9.17, 15) is 9.90 Å². The molecule has 0 spiro atoms. The van der Waals surface area contributed by atoms with Gasteiger partial charge in [0.25, 0.3) is 0 Å². The van der Waals surface area contributed by atoms with Gasteiger partial charge in [0.15, 0.2) is 5.16 Å². The summed E-state index contributed by atoms with van der Waals surface area (Å²) in [5, 5.41) is 21.0. The highest BCUT2D eigenvalue weighted by Crippen LogP contribution is 2.48. The molecule has 0 radical (unpaired) electrons. The second kappa shape index (κ2) is 5.84. The summed E-state index contributed by atoms with van der Waals surface area (Å²) in [7, 11) is 0. The molecule has 0 amide bonds. The van der Waals surface area contributed by atoms with Crippen molar-refractivity contribution in [2.45, 2.75) is 47.9 Å². The van der Waals surface area contributed by atoms with E-state index < -0.39 is 10.7 Å². The van der Waals surface area contributed by atoms with Crippen LogP contribution in [0.4, 0.5) is 0 Å². The number of nitrogens with zero attached hydrogens (tertiary/aromatic N) is 3. The number of aliphatic carboxylic acids is 1. The Hall–Kier alpha value is -2.34. The maximum atomic E-state index is 11.7. The normalized spacial score (nSPS) is 18.6. The van der Waals surface area contributed by atoms with Gasteiger partial charge >= 0.3 is 5.97 Å².